The molecule has 3 aromatic carbocycles. The Kier molecular flexibility index (Phi) is 5.81. The number of halogens is 1. The van der Waals surface area contributed by atoms with Crippen molar-refractivity contribution in [1.29, 1.82) is 0 Å². The number of para-hydroxylation sites is 1. The van der Waals surface area contributed by atoms with E-state index in [0.29, 0.717) is 32.7 Å². The van der Waals surface area contributed by atoms with E-state index in [1.807, 2.05) is 12.1 Å². The fourth-order valence-corrected chi connectivity index (χ4v) is 5.02. The Hall–Kier alpha value is -3.14. The largest absolute Gasteiger partial charge is 0.497 e. The number of methoxy groups -OCH3 is 1. The molecule has 158 valence electrons. The number of thiazole rings is 1. The van der Waals surface area contributed by atoms with Gasteiger partial charge in [0, 0.05) is 11.3 Å². The third-order valence-electron chi connectivity index (χ3n) is 4.36. The molecule has 31 heavy (non-hydrogen) atoms. The van der Waals surface area contributed by atoms with Crippen molar-refractivity contribution >= 4 is 59.9 Å². The van der Waals surface area contributed by atoms with Gasteiger partial charge in [-0.05, 0) is 60.7 Å². The third-order valence-corrected chi connectivity index (χ3v) is 7.00. The summed E-state index contributed by atoms with van der Waals surface area (Å²) in [6.07, 6.45) is 0. The summed E-state index contributed by atoms with van der Waals surface area (Å²) in [6.45, 7) is 0. The van der Waals surface area contributed by atoms with Gasteiger partial charge in [-0.15, -0.1) is 0 Å². The number of nitrogens with zero attached hydrogens (tertiary/aromatic N) is 1. The van der Waals surface area contributed by atoms with Gasteiger partial charge >= 0.3 is 0 Å². The fraction of sp³-hybridized carbons (Fsp3) is 0.0476. The van der Waals surface area contributed by atoms with Gasteiger partial charge < -0.3 is 4.74 Å². The second-order valence-corrected chi connectivity index (χ2v) is 9.54. The molecule has 0 bridgehead atoms. The fourth-order valence-electron chi connectivity index (χ4n) is 2.80. The van der Waals surface area contributed by atoms with Gasteiger partial charge in [0.05, 0.1) is 21.7 Å². The number of hydrogen-bond donors (Lipinski definition) is 2. The molecule has 0 radical (unpaired) electrons. The number of amides is 1. The van der Waals surface area contributed by atoms with Crippen molar-refractivity contribution in [2.75, 3.05) is 17.1 Å². The normalized spacial score (nSPS) is 11.3. The van der Waals surface area contributed by atoms with Gasteiger partial charge in [-0.25, -0.2) is 13.4 Å². The van der Waals surface area contributed by atoms with E-state index in [0.717, 1.165) is 4.70 Å². The molecule has 4 aromatic rings. The quantitative estimate of drug-likeness (QED) is 0.410. The average Bonchev–Trinajstić information content (AvgIpc) is 3.18. The van der Waals surface area contributed by atoms with Crippen molar-refractivity contribution in [3.63, 3.8) is 0 Å². The molecular formula is C21H16ClN3O4S2. The number of fused-ring (bicyclic) bond motifs is 1. The Morgan fingerprint density at radius 3 is 2.39 bits per heavy atom. The van der Waals surface area contributed by atoms with Crippen LogP contribution in [0, 0.1) is 0 Å². The Morgan fingerprint density at radius 1 is 1.03 bits per heavy atom. The number of anilines is 2. The van der Waals surface area contributed by atoms with Gasteiger partial charge in [0.1, 0.15) is 11.3 Å². The van der Waals surface area contributed by atoms with Crippen LogP contribution < -0.4 is 14.8 Å². The van der Waals surface area contributed by atoms with Crippen LogP contribution in [-0.2, 0) is 10.0 Å². The van der Waals surface area contributed by atoms with E-state index >= 15 is 0 Å². The van der Waals surface area contributed by atoms with Crippen LogP contribution in [0.4, 0.5) is 10.8 Å². The van der Waals surface area contributed by atoms with Crippen LogP contribution in [0.2, 0.25) is 5.02 Å². The summed E-state index contributed by atoms with van der Waals surface area (Å²) >= 11 is 7.44. The standard InChI is InChI=1S/C21H16ClN3O4S2/c1-29-15-9-11-16(12-10-15)31(27,28)25-14-7-5-13(6-8-14)20(26)24-21-23-19-17(22)3-2-4-18(19)30-21/h2-12,25H,1H3,(H,23,24,26). The summed E-state index contributed by atoms with van der Waals surface area (Å²) in [4.78, 5) is 17.0. The number of ether oxygens (including phenoxy) is 1. The van der Waals surface area contributed by atoms with Gasteiger partial charge in [0.2, 0.25) is 0 Å². The van der Waals surface area contributed by atoms with E-state index in [2.05, 4.69) is 15.0 Å². The minimum absolute atomic E-state index is 0.101. The Morgan fingerprint density at radius 2 is 1.74 bits per heavy atom. The van der Waals surface area contributed by atoms with Crippen LogP contribution in [0.15, 0.2) is 71.6 Å². The second kappa shape index (κ2) is 8.54. The van der Waals surface area contributed by atoms with E-state index in [-0.39, 0.29) is 10.8 Å². The van der Waals surface area contributed by atoms with Gasteiger partial charge in [-0.3, -0.25) is 14.8 Å². The summed E-state index contributed by atoms with van der Waals surface area (Å²) in [6, 6.07) is 17.6. The molecule has 0 saturated heterocycles. The third kappa shape index (κ3) is 4.63. The van der Waals surface area contributed by atoms with E-state index in [9.17, 15) is 13.2 Å². The number of carbonyl (C=O) groups is 1. The molecule has 4 rings (SSSR count). The summed E-state index contributed by atoms with van der Waals surface area (Å²) in [5, 5.41) is 3.68. The highest BCUT2D eigenvalue weighted by atomic mass is 35.5. The highest BCUT2D eigenvalue weighted by Crippen LogP contribution is 2.31. The minimum Gasteiger partial charge on any atom is -0.497 e. The first kappa shape index (κ1) is 21.1. The minimum atomic E-state index is -3.77. The van der Waals surface area contributed by atoms with Crippen LogP contribution >= 0.6 is 22.9 Å². The predicted molar refractivity (Wildman–Crippen MR) is 123 cm³/mol. The number of nitrogens with one attached hydrogen (secondary N) is 2. The van der Waals surface area contributed by atoms with Crippen molar-refractivity contribution < 1.29 is 17.9 Å². The number of benzene rings is 3. The molecule has 2 N–H and O–H groups in total. The highest BCUT2D eigenvalue weighted by Gasteiger charge is 2.15. The lowest BCUT2D eigenvalue weighted by atomic mass is 10.2. The molecule has 0 aliphatic heterocycles. The lowest BCUT2D eigenvalue weighted by Gasteiger charge is -2.09. The van der Waals surface area contributed by atoms with Crippen LogP contribution in [0.1, 0.15) is 10.4 Å². The molecule has 7 nitrogen and oxygen atoms in total. The lowest BCUT2D eigenvalue weighted by molar-refractivity contribution is 0.102. The van der Waals surface area contributed by atoms with Crippen molar-refractivity contribution in [2.24, 2.45) is 0 Å². The molecule has 0 fully saturated rings. The smallest absolute Gasteiger partial charge is 0.261 e. The number of rotatable bonds is 6. The monoisotopic (exact) mass is 473 g/mol. The Labute approximate surface area is 187 Å². The topological polar surface area (TPSA) is 97.4 Å². The maximum absolute atomic E-state index is 12.5. The summed E-state index contributed by atoms with van der Waals surface area (Å²) in [5.74, 6) is 0.199. The van der Waals surface area contributed by atoms with Crippen LogP contribution in [0.5, 0.6) is 5.75 Å². The molecule has 0 aliphatic carbocycles. The molecule has 10 heteroatoms. The van der Waals surface area contributed by atoms with Crippen molar-refractivity contribution in [1.82, 2.24) is 4.98 Å². The molecule has 1 aromatic heterocycles. The first-order valence-corrected chi connectivity index (χ1v) is 11.7. The molecule has 1 heterocycles. The summed E-state index contributed by atoms with van der Waals surface area (Å²) in [5.41, 5.74) is 1.32. The molecule has 0 atom stereocenters. The summed E-state index contributed by atoms with van der Waals surface area (Å²) < 4.78 is 33.4. The van der Waals surface area contributed by atoms with Gasteiger partial charge in [0.25, 0.3) is 15.9 Å². The van der Waals surface area contributed by atoms with Gasteiger partial charge in [0.15, 0.2) is 5.13 Å². The average molecular weight is 474 g/mol. The second-order valence-electron chi connectivity index (χ2n) is 6.42. The molecule has 1 amide bonds. The number of hydrogen-bond acceptors (Lipinski definition) is 6. The van der Waals surface area contributed by atoms with E-state index < -0.39 is 10.0 Å². The zero-order valence-electron chi connectivity index (χ0n) is 16.1. The zero-order valence-corrected chi connectivity index (χ0v) is 18.5. The van der Waals surface area contributed by atoms with Crippen molar-refractivity contribution in [3.8, 4) is 5.75 Å². The summed E-state index contributed by atoms with van der Waals surface area (Å²) in [7, 11) is -2.26. The SMILES string of the molecule is COc1ccc(S(=O)(=O)Nc2ccc(C(=O)Nc3nc4c(Cl)cccc4s3)cc2)cc1. The number of carbonyl (C=O) groups excluding carboxylic acids is 1. The molecule has 0 spiro atoms. The number of aromatic nitrogens is 1. The van der Waals surface area contributed by atoms with Crippen LogP contribution in [0.25, 0.3) is 10.2 Å². The van der Waals surface area contributed by atoms with E-state index in [1.54, 1.807) is 18.2 Å². The number of sulfonamides is 1. The Bertz CT molecular complexity index is 1350. The molecule has 0 saturated carbocycles. The highest BCUT2D eigenvalue weighted by molar-refractivity contribution is 7.92. The van der Waals surface area contributed by atoms with Crippen LogP contribution in [0.3, 0.4) is 0 Å². The van der Waals surface area contributed by atoms with E-state index in [4.69, 9.17) is 16.3 Å². The first-order chi connectivity index (χ1) is 14.9. The maximum atomic E-state index is 12.5. The molecule has 0 unspecified atom stereocenters. The van der Waals surface area contributed by atoms with Crippen molar-refractivity contribution in [3.05, 3.63) is 77.3 Å². The molecular weight excluding hydrogens is 458 g/mol. The maximum Gasteiger partial charge on any atom is 0.261 e. The molecule has 0 aliphatic rings. The first-order valence-electron chi connectivity index (χ1n) is 8.99. The Balaban J connectivity index is 1.46. The van der Waals surface area contributed by atoms with Crippen LogP contribution in [-0.4, -0.2) is 26.4 Å². The van der Waals surface area contributed by atoms with Gasteiger partial charge in [-0.2, -0.15) is 0 Å². The van der Waals surface area contributed by atoms with E-state index in [1.165, 1.54) is 54.8 Å². The lowest BCUT2D eigenvalue weighted by Crippen LogP contribution is -2.14. The predicted octanol–water partition coefficient (Wildman–Crippen LogP) is 5.01. The van der Waals surface area contributed by atoms with Gasteiger partial charge in [-0.1, -0.05) is 29.0 Å². The zero-order chi connectivity index (χ0) is 22.0. The van der Waals surface area contributed by atoms with Crippen molar-refractivity contribution in [2.45, 2.75) is 4.90 Å².